The molecular weight excluding hydrogens is 456 g/mol. The lowest BCUT2D eigenvalue weighted by molar-refractivity contribution is 0.284. The molecule has 0 bridgehead atoms. The largest absolute Gasteiger partial charge is 0.493 e. The lowest BCUT2D eigenvalue weighted by Crippen LogP contribution is -2.32. The molecule has 3 aromatic rings. The highest BCUT2D eigenvalue weighted by atomic mass is 35.5. The molecule has 1 aromatic heterocycles. The summed E-state index contributed by atoms with van der Waals surface area (Å²) >= 11 is 6.05. The Morgan fingerprint density at radius 2 is 2.00 bits per heavy atom. The first kappa shape index (κ1) is 22.5. The number of halogens is 1. The molecule has 0 aliphatic carbocycles. The van der Waals surface area contributed by atoms with E-state index in [9.17, 15) is 5.26 Å². The molecule has 11 heteroatoms. The number of anilines is 3. The van der Waals surface area contributed by atoms with Gasteiger partial charge >= 0.3 is 0 Å². The standard InChI is InChI=1S/C23H19ClN8O2/c1-33-17-8-13(5-6-16(17)34-10-12-3-2-4-14(24)7-12)20-18-19(27)15(9-25)21(28)31-22(18)32-23(30-20)29-11-26/h2-8,20H,10H2,1H3,(H6,27,28,29,30,31,32). The number of nitrogens with one attached hydrogen (secondary N) is 2. The highest BCUT2D eigenvalue weighted by Crippen LogP contribution is 2.42. The Balaban J connectivity index is 1.73. The van der Waals surface area contributed by atoms with Crippen LogP contribution in [0.1, 0.15) is 28.3 Å². The van der Waals surface area contributed by atoms with Gasteiger partial charge in [-0.2, -0.15) is 10.5 Å². The van der Waals surface area contributed by atoms with Gasteiger partial charge in [0.1, 0.15) is 35.9 Å². The molecule has 0 radical (unpaired) electrons. The zero-order valence-electron chi connectivity index (χ0n) is 18.0. The molecule has 1 atom stereocenters. The molecule has 34 heavy (non-hydrogen) atoms. The predicted octanol–water partition coefficient (Wildman–Crippen LogP) is 3.30. The normalized spacial score (nSPS) is 14.0. The van der Waals surface area contributed by atoms with Crippen LogP contribution in [-0.2, 0) is 6.61 Å². The Morgan fingerprint density at radius 3 is 2.71 bits per heavy atom. The van der Waals surface area contributed by atoms with Crippen molar-refractivity contribution in [1.82, 2.24) is 10.3 Å². The van der Waals surface area contributed by atoms with Crippen molar-refractivity contribution < 1.29 is 9.47 Å². The molecule has 0 saturated carbocycles. The predicted molar refractivity (Wildman–Crippen MR) is 128 cm³/mol. The number of ether oxygens (including phenoxy) is 2. The van der Waals surface area contributed by atoms with Crippen molar-refractivity contribution >= 4 is 34.9 Å². The average molecular weight is 475 g/mol. The molecule has 1 aliphatic heterocycles. The van der Waals surface area contributed by atoms with Crippen molar-refractivity contribution in [3.8, 4) is 23.8 Å². The van der Waals surface area contributed by atoms with Gasteiger partial charge < -0.3 is 26.3 Å². The number of methoxy groups -OCH3 is 1. The fourth-order valence-corrected chi connectivity index (χ4v) is 3.80. The first-order valence-electron chi connectivity index (χ1n) is 9.99. The van der Waals surface area contributed by atoms with Crippen LogP contribution in [0.3, 0.4) is 0 Å². The van der Waals surface area contributed by atoms with Crippen LogP contribution in [0.2, 0.25) is 5.02 Å². The van der Waals surface area contributed by atoms with Gasteiger partial charge in [-0.05, 0) is 35.4 Å². The number of hydrogen-bond donors (Lipinski definition) is 4. The third-order valence-electron chi connectivity index (χ3n) is 5.14. The van der Waals surface area contributed by atoms with Gasteiger partial charge in [0.15, 0.2) is 17.7 Å². The highest BCUT2D eigenvalue weighted by Gasteiger charge is 2.30. The maximum atomic E-state index is 9.48. The van der Waals surface area contributed by atoms with Crippen molar-refractivity contribution in [1.29, 1.82) is 10.5 Å². The van der Waals surface area contributed by atoms with Gasteiger partial charge in [0, 0.05) is 10.6 Å². The minimum Gasteiger partial charge on any atom is -0.493 e. The zero-order valence-corrected chi connectivity index (χ0v) is 18.7. The van der Waals surface area contributed by atoms with E-state index in [1.807, 2.05) is 30.5 Å². The Morgan fingerprint density at radius 1 is 1.18 bits per heavy atom. The highest BCUT2D eigenvalue weighted by molar-refractivity contribution is 6.30. The smallest absolute Gasteiger partial charge is 0.211 e. The van der Waals surface area contributed by atoms with Crippen molar-refractivity contribution in [3.05, 3.63) is 69.7 Å². The second-order valence-corrected chi connectivity index (χ2v) is 7.67. The molecular formula is C23H19ClN8O2. The lowest BCUT2D eigenvalue weighted by atomic mass is 9.95. The molecule has 0 spiro atoms. The second-order valence-electron chi connectivity index (χ2n) is 7.23. The minimum atomic E-state index is -0.692. The number of benzene rings is 2. The molecule has 2 aromatic carbocycles. The summed E-state index contributed by atoms with van der Waals surface area (Å²) in [5, 5.41) is 24.5. The number of nitrogens with zero attached hydrogens (tertiary/aromatic N) is 4. The Kier molecular flexibility index (Phi) is 6.26. The van der Waals surface area contributed by atoms with Gasteiger partial charge in [-0.15, -0.1) is 0 Å². The summed E-state index contributed by atoms with van der Waals surface area (Å²) in [5.41, 5.74) is 14.4. The second kappa shape index (κ2) is 9.45. The quantitative estimate of drug-likeness (QED) is 0.320. The number of aromatic nitrogens is 1. The summed E-state index contributed by atoms with van der Waals surface area (Å²) in [6, 6.07) is 14.0. The molecule has 1 aliphatic rings. The van der Waals surface area contributed by atoms with E-state index in [1.54, 1.807) is 24.3 Å². The summed E-state index contributed by atoms with van der Waals surface area (Å²) < 4.78 is 11.5. The van der Waals surface area contributed by atoms with Gasteiger partial charge in [0.2, 0.25) is 5.96 Å². The number of fused-ring (bicyclic) bond motifs is 1. The zero-order chi connectivity index (χ0) is 24.2. The van der Waals surface area contributed by atoms with E-state index in [1.165, 1.54) is 7.11 Å². The first-order chi connectivity index (χ1) is 16.4. The number of nitriles is 2. The number of guanidine groups is 1. The van der Waals surface area contributed by atoms with Gasteiger partial charge in [-0.3, -0.25) is 5.32 Å². The van der Waals surface area contributed by atoms with Crippen LogP contribution in [0.4, 0.5) is 17.3 Å². The summed E-state index contributed by atoms with van der Waals surface area (Å²) in [4.78, 5) is 8.80. The van der Waals surface area contributed by atoms with Crippen LogP contribution in [-0.4, -0.2) is 18.1 Å². The number of rotatable bonds is 5. The first-order valence-corrected chi connectivity index (χ1v) is 10.4. The summed E-state index contributed by atoms with van der Waals surface area (Å²) in [7, 11) is 1.53. The van der Waals surface area contributed by atoms with Crippen molar-refractivity contribution in [2.45, 2.75) is 12.6 Å². The number of hydrogen-bond acceptors (Lipinski definition) is 10. The molecule has 0 saturated heterocycles. The van der Waals surface area contributed by atoms with Crippen molar-refractivity contribution in [2.24, 2.45) is 4.99 Å². The van der Waals surface area contributed by atoms with E-state index in [4.69, 9.17) is 37.8 Å². The van der Waals surface area contributed by atoms with Gasteiger partial charge in [0.25, 0.3) is 0 Å². The van der Waals surface area contributed by atoms with Crippen LogP contribution in [0.5, 0.6) is 11.5 Å². The summed E-state index contributed by atoms with van der Waals surface area (Å²) in [5.74, 6) is 1.42. The molecule has 4 rings (SSSR count). The van der Waals surface area contributed by atoms with E-state index in [0.29, 0.717) is 40.1 Å². The molecule has 0 fully saturated rings. The van der Waals surface area contributed by atoms with E-state index in [-0.39, 0.29) is 23.0 Å². The molecule has 10 nitrogen and oxygen atoms in total. The number of pyridine rings is 1. The van der Waals surface area contributed by atoms with Crippen LogP contribution in [0.15, 0.2) is 47.5 Å². The molecule has 2 heterocycles. The monoisotopic (exact) mass is 474 g/mol. The van der Waals surface area contributed by atoms with Crippen molar-refractivity contribution in [3.63, 3.8) is 0 Å². The summed E-state index contributed by atoms with van der Waals surface area (Å²) in [6.45, 7) is 0.294. The molecule has 0 amide bonds. The van der Waals surface area contributed by atoms with Crippen LogP contribution < -0.4 is 31.6 Å². The maximum Gasteiger partial charge on any atom is 0.211 e. The topological polar surface area (TPSA) is 167 Å². The Bertz CT molecular complexity index is 1380. The molecule has 1 unspecified atom stereocenters. The van der Waals surface area contributed by atoms with Crippen LogP contribution >= 0.6 is 11.6 Å². The maximum absolute atomic E-state index is 9.48. The lowest BCUT2D eigenvalue weighted by Gasteiger charge is -2.26. The van der Waals surface area contributed by atoms with Crippen molar-refractivity contribution in [2.75, 3.05) is 23.9 Å². The average Bonchev–Trinajstić information content (AvgIpc) is 2.82. The van der Waals surface area contributed by atoms with E-state index < -0.39 is 6.04 Å². The number of nitrogen functional groups attached to an aromatic ring is 2. The van der Waals surface area contributed by atoms with E-state index in [2.05, 4.69) is 20.6 Å². The van der Waals surface area contributed by atoms with Crippen LogP contribution in [0, 0.1) is 22.8 Å². The van der Waals surface area contributed by atoms with Crippen LogP contribution in [0.25, 0.3) is 0 Å². The number of aliphatic imine (C=N–C) groups is 1. The Hall–Kier alpha value is -4.67. The molecule has 170 valence electrons. The Labute approximate surface area is 200 Å². The third-order valence-corrected chi connectivity index (χ3v) is 5.38. The minimum absolute atomic E-state index is 0.0226. The van der Waals surface area contributed by atoms with Gasteiger partial charge in [0.05, 0.1) is 12.8 Å². The molecule has 6 N–H and O–H groups in total. The van der Waals surface area contributed by atoms with Gasteiger partial charge in [-0.1, -0.05) is 29.8 Å². The van der Waals surface area contributed by atoms with E-state index in [0.717, 1.165) is 5.56 Å². The number of nitrogens with two attached hydrogens (primary N) is 2. The fraction of sp³-hybridized carbons (Fsp3) is 0.130. The summed E-state index contributed by atoms with van der Waals surface area (Å²) in [6.07, 6.45) is 1.82. The van der Waals surface area contributed by atoms with Gasteiger partial charge in [-0.25, -0.2) is 9.98 Å². The van der Waals surface area contributed by atoms with E-state index >= 15 is 0 Å². The SMILES string of the molecule is COc1cc(C2N=C(NC#N)Nc3nc(N)c(C#N)c(N)c32)ccc1OCc1cccc(Cl)c1. The third kappa shape index (κ3) is 4.31. The fourth-order valence-electron chi connectivity index (χ4n) is 3.58.